The number of nitrogens with zero attached hydrogens (tertiary/aromatic N) is 4. The second kappa shape index (κ2) is 10.9. The lowest BCUT2D eigenvalue weighted by Crippen LogP contribution is -2.06. The predicted octanol–water partition coefficient (Wildman–Crippen LogP) is 12.2. The summed E-state index contributed by atoms with van der Waals surface area (Å²) in [5.41, 5.74) is 7.98. The summed E-state index contributed by atoms with van der Waals surface area (Å²) in [5, 5.41) is 7.02. The Morgan fingerprint density at radius 3 is 1.84 bits per heavy atom. The molecule has 7 aromatic carbocycles. The Morgan fingerprint density at radius 2 is 1.04 bits per heavy atom. The second-order valence-corrected chi connectivity index (χ2v) is 13.9. The maximum Gasteiger partial charge on any atom is 0.238 e. The van der Waals surface area contributed by atoms with Crippen LogP contribution < -0.4 is 0 Å². The number of rotatable bonds is 4. The van der Waals surface area contributed by atoms with Crippen molar-refractivity contribution in [3.8, 4) is 39.9 Å². The van der Waals surface area contributed by atoms with Gasteiger partial charge in [0.15, 0.2) is 11.6 Å². The normalized spacial score (nSPS) is 11.9. The second-order valence-electron chi connectivity index (χ2n) is 12.8. The fraction of sp³-hybridized carbons (Fsp3) is 0. The first-order chi connectivity index (χ1) is 25.3. The van der Waals surface area contributed by atoms with Crippen molar-refractivity contribution in [3.63, 3.8) is 0 Å². The molecule has 11 aromatic rings. The van der Waals surface area contributed by atoms with Gasteiger partial charge in [-0.2, -0.15) is 9.97 Å². The van der Waals surface area contributed by atoms with Crippen LogP contribution in [0.2, 0.25) is 0 Å². The van der Waals surface area contributed by atoms with Crippen LogP contribution in [0.4, 0.5) is 0 Å². The van der Waals surface area contributed by atoms with Crippen LogP contribution in [0.15, 0.2) is 162 Å². The van der Waals surface area contributed by atoms with E-state index < -0.39 is 0 Å². The van der Waals surface area contributed by atoms with Crippen LogP contribution in [-0.2, 0) is 0 Å². The van der Waals surface area contributed by atoms with Crippen molar-refractivity contribution in [1.29, 1.82) is 0 Å². The Hall–Kier alpha value is -6.63. The summed E-state index contributed by atoms with van der Waals surface area (Å²) in [5.74, 6) is 1.85. The summed E-state index contributed by atoms with van der Waals surface area (Å²) < 4.78 is 10.8. The van der Waals surface area contributed by atoms with Gasteiger partial charge in [-0.25, -0.2) is 4.98 Å². The van der Waals surface area contributed by atoms with Crippen LogP contribution >= 0.6 is 11.3 Å². The lowest BCUT2D eigenvalue weighted by atomic mass is 10.0. The molecule has 11 rings (SSSR count). The van der Waals surface area contributed by atoms with Crippen LogP contribution in [0.25, 0.3) is 104 Å². The summed E-state index contributed by atoms with van der Waals surface area (Å²) in [7, 11) is 0. The number of fused-ring (bicyclic) bond motifs is 9. The molecule has 0 atom stereocenters. The molecule has 4 aromatic heterocycles. The van der Waals surface area contributed by atoms with E-state index in [1.807, 2.05) is 18.2 Å². The van der Waals surface area contributed by atoms with E-state index in [1.54, 1.807) is 11.3 Å². The van der Waals surface area contributed by atoms with E-state index in [2.05, 4.69) is 144 Å². The SMILES string of the molecule is c1ccc2c(c1)oc1cc(-c3ccc(-c4nc(-c5cccc6c5sc5ccccc56)nc(-n5c6ccccc6c6ccccc65)n4)cc3)ccc12. The highest BCUT2D eigenvalue weighted by Crippen LogP contribution is 2.40. The Kier molecular flexibility index (Phi) is 6.05. The minimum Gasteiger partial charge on any atom is -0.456 e. The van der Waals surface area contributed by atoms with Gasteiger partial charge in [0.05, 0.1) is 11.0 Å². The standard InChI is InChI=1S/C45H26N4OS/c1-5-16-37-30(10-1)31-11-2-6-17-38(31)49(37)45-47-43(46-44(48-45)36-15-9-14-35-34-13-4-8-19-41(34)51-42(35)36)28-22-20-27(21-23-28)29-24-25-33-32-12-3-7-18-39(32)50-40(33)26-29/h1-26H. The summed E-state index contributed by atoms with van der Waals surface area (Å²) in [4.78, 5) is 15.6. The van der Waals surface area contributed by atoms with Crippen molar-refractivity contribution in [3.05, 3.63) is 158 Å². The van der Waals surface area contributed by atoms with Gasteiger partial charge in [0.25, 0.3) is 0 Å². The van der Waals surface area contributed by atoms with Gasteiger partial charge in [0.2, 0.25) is 5.95 Å². The van der Waals surface area contributed by atoms with Crippen molar-refractivity contribution in [2.45, 2.75) is 0 Å². The van der Waals surface area contributed by atoms with E-state index in [9.17, 15) is 0 Å². The zero-order valence-electron chi connectivity index (χ0n) is 27.1. The van der Waals surface area contributed by atoms with Gasteiger partial charge in [0, 0.05) is 52.8 Å². The highest BCUT2D eigenvalue weighted by atomic mass is 32.1. The van der Waals surface area contributed by atoms with Gasteiger partial charge in [-0.05, 0) is 53.6 Å². The molecule has 0 bridgehead atoms. The summed E-state index contributed by atoms with van der Waals surface area (Å²) >= 11 is 1.78. The maximum atomic E-state index is 6.19. The average molecular weight is 671 g/mol. The van der Waals surface area contributed by atoms with Crippen LogP contribution in [0, 0.1) is 0 Å². The van der Waals surface area contributed by atoms with Crippen molar-refractivity contribution in [1.82, 2.24) is 19.5 Å². The Morgan fingerprint density at radius 1 is 0.431 bits per heavy atom. The third-order valence-corrected chi connectivity index (χ3v) is 11.1. The maximum absolute atomic E-state index is 6.19. The van der Waals surface area contributed by atoms with Gasteiger partial charge in [-0.3, -0.25) is 4.57 Å². The lowest BCUT2D eigenvalue weighted by Gasteiger charge is -2.11. The molecule has 0 spiro atoms. The molecule has 51 heavy (non-hydrogen) atoms. The van der Waals surface area contributed by atoms with Crippen LogP contribution in [0.1, 0.15) is 0 Å². The highest BCUT2D eigenvalue weighted by molar-refractivity contribution is 7.26. The molecule has 4 heterocycles. The first-order valence-electron chi connectivity index (χ1n) is 16.9. The first kappa shape index (κ1) is 28.2. The van der Waals surface area contributed by atoms with Crippen molar-refractivity contribution in [2.24, 2.45) is 0 Å². The van der Waals surface area contributed by atoms with Crippen molar-refractivity contribution < 1.29 is 4.42 Å². The van der Waals surface area contributed by atoms with Crippen LogP contribution in [0.3, 0.4) is 0 Å². The van der Waals surface area contributed by atoms with E-state index in [0.717, 1.165) is 66.0 Å². The first-order valence-corrected chi connectivity index (χ1v) is 17.8. The quantitative estimate of drug-likeness (QED) is 0.187. The number of furan rings is 1. The molecule has 0 amide bonds. The molecule has 0 aliphatic rings. The molecule has 0 saturated heterocycles. The molecule has 0 aliphatic heterocycles. The average Bonchev–Trinajstić information content (AvgIpc) is 3.87. The third kappa shape index (κ3) is 4.37. The van der Waals surface area contributed by atoms with Crippen LogP contribution in [-0.4, -0.2) is 19.5 Å². The Balaban J connectivity index is 1.10. The molecule has 0 saturated carbocycles. The topological polar surface area (TPSA) is 56.7 Å². The summed E-state index contributed by atoms with van der Waals surface area (Å²) in [6, 6.07) is 55.0. The number of thiophene rings is 1. The van der Waals surface area contributed by atoms with E-state index in [4.69, 9.17) is 19.4 Å². The molecule has 6 heteroatoms. The molecule has 0 fully saturated rings. The monoisotopic (exact) mass is 670 g/mol. The lowest BCUT2D eigenvalue weighted by molar-refractivity contribution is 0.669. The molecule has 0 N–H and O–H groups in total. The summed E-state index contributed by atoms with van der Waals surface area (Å²) in [6.07, 6.45) is 0. The van der Waals surface area contributed by atoms with Crippen LogP contribution in [0.5, 0.6) is 0 Å². The van der Waals surface area contributed by atoms with E-state index in [1.165, 1.54) is 20.2 Å². The fourth-order valence-electron chi connectivity index (χ4n) is 7.49. The fourth-order valence-corrected chi connectivity index (χ4v) is 8.70. The van der Waals surface area contributed by atoms with Crippen molar-refractivity contribution in [2.75, 3.05) is 0 Å². The van der Waals surface area contributed by atoms with Gasteiger partial charge >= 0.3 is 0 Å². The van der Waals surface area contributed by atoms with Gasteiger partial charge < -0.3 is 4.42 Å². The van der Waals surface area contributed by atoms with E-state index in [0.29, 0.717) is 17.6 Å². The van der Waals surface area contributed by atoms with Gasteiger partial charge in [0.1, 0.15) is 11.2 Å². The Labute approximate surface area is 295 Å². The molecular weight excluding hydrogens is 645 g/mol. The van der Waals surface area contributed by atoms with Crippen molar-refractivity contribution >= 4 is 75.3 Å². The van der Waals surface area contributed by atoms with E-state index >= 15 is 0 Å². The number of aromatic nitrogens is 4. The number of hydrogen-bond donors (Lipinski definition) is 0. The Bertz CT molecular complexity index is 3100. The number of para-hydroxylation sites is 3. The number of benzene rings is 7. The zero-order chi connectivity index (χ0) is 33.5. The minimum absolute atomic E-state index is 0.588. The zero-order valence-corrected chi connectivity index (χ0v) is 27.9. The molecule has 0 unspecified atom stereocenters. The van der Waals surface area contributed by atoms with Gasteiger partial charge in [-0.15, -0.1) is 11.3 Å². The predicted molar refractivity (Wildman–Crippen MR) is 211 cm³/mol. The molecule has 0 radical (unpaired) electrons. The van der Waals surface area contributed by atoms with E-state index in [-0.39, 0.29) is 0 Å². The smallest absolute Gasteiger partial charge is 0.238 e. The third-order valence-electron chi connectivity index (χ3n) is 9.90. The number of hydrogen-bond acceptors (Lipinski definition) is 5. The van der Waals surface area contributed by atoms with Gasteiger partial charge in [-0.1, -0.05) is 115 Å². The highest BCUT2D eigenvalue weighted by Gasteiger charge is 2.20. The molecule has 238 valence electrons. The molecule has 5 nitrogen and oxygen atoms in total. The largest absolute Gasteiger partial charge is 0.456 e. The minimum atomic E-state index is 0.588. The molecular formula is C45H26N4OS. The molecule has 0 aliphatic carbocycles. The summed E-state index contributed by atoms with van der Waals surface area (Å²) in [6.45, 7) is 0.